The van der Waals surface area contributed by atoms with Crippen molar-refractivity contribution in [2.45, 2.75) is 24.7 Å². The van der Waals surface area contributed by atoms with Crippen LogP contribution in [-0.4, -0.2) is 32.8 Å². The standard InChI is InChI=1S/C15H22BrN3O.HI/c1-20-10-9-18-14(17)19-11-15(7-2-8-15)12-3-5-13(16)6-4-12;/h3-6H,2,7-11H2,1H3,(H3,17,18,19);1H. The van der Waals surface area contributed by atoms with Crippen molar-refractivity contribution in [1.29, 1.82) is 0 Å². The minimum Gasteiger partial charge on any atom is -0.383 e. The summed E-state index contributed by atoms with van der Waals surface area (Å²) in [5.74, 6) is 0.505. The second-order valence-electron chi connectivity index (χ2n) is 5.26. The molecule has 0 heterocycles. The second-order valence-corrected chi connectivity index (χ2v) is 6.18. The summed E-state index contributed by atoms with van der Waals surface area (Å²) in [6.07, 6.45) is 3.63. The highest BCUT2D eigenvalue weighted by Crippen LogP contribution is 2.44. The first-order valence-electron chi connectivity index (χ1n) is 6.95. The van der Waals surface area contributed by atoms with Crippen molar-refractivity contribution in [3.63, 3.8) is 0 Å². The molecule has 0 unspecified atom stereocenters. The first kappa shape index (κ1) is 18.7. The van der Waals surface area contributed by atoms with E-state index in [1.807, 2.05) is 0 Å². The van der Waals surface area contributed by atoms with Gasteiger partial charge >= 0.3 is 0 Å². The third-order valence-electron chi connectivity index (χ3n) is 3.93. The number of halogens is 2. The molecule has 4 nitrogen and oxygen atoms in total. The van der Waals surface area contributed by atoms with Gasteiger partial charge in [0.05, 0.1) is 13.2 Å². The largest absolute Gasteiger partial charge is 0.383 e. The van der Waals surface area contributed by atoms with Crippen molar-refractivity contribution in [3.8, 4) is 0 Å². The number of nitrogens with one attached hydrogen (secondary N) is 1. The first-order valence-corrected chi connectivity index (χ1v) is 7.74. The van der Waals surface area contributed by atoms with E-state index in [1.165, 1.54) is 24.8 Å². The highest BCUT2D eigenvalue weighted by atomic mass is 127. The molecule has 0 aliphatic heterocycles. The number of hydrogen-bond donors (Lipinski definition) is 2. The molecule has 0 radical (unpaired) electrons. The average molecular weight is 468 g/mol. The van der Waals surface area contributed by atoms with E-state index in [0.717, 1.165) is 11.0 Å². The van der Waals surface area contributed by atoms with Gasteiger partial charge in [-0.3, -0.25) is 4.99 Å². The van der Waals surface area contributed by atoms with E-state index in [-0.39, 0.29) is 29.4 Å². The van der Waals surface area contributed by atoms with Crippen LogP contribution in [0.25, 0.3) is 0 Å². The van der Waals surface area contributed by atoms with E-state index in [4.69, 9.17) is 10.5 Å². The van der Waals surface area contributed by atoms with Crippen molar-refractivity contribution in [2.75, 3.05) is 26.8 Å². The number of guanidine groups is 1. The lowest BCUT2D eigenvalue weighted by Crippen LogP contribution is -2.40. The summed E-state index contributed by atoms with van der Waals surface area (Å²) in [4.78, 5) is 4.50. The van der Waals surface area contributed by atoms with Crippen LogP contribution in [0, 0.1) is 0 Å². The number of benzene rings is 1. The van der Waals surface area contributed by atoms with E-state index >= 15 is 0 Å². The zero-order valence-electron chi connectivity index (χ0n) is 12.3. The zero-order chi connectivity index (χ0) is 14.4. The Kier molecular flexibility index (Phi) is 7.97. The summed E-state index contributed by atoms with van der Waals surface area (Å²) in [7, 11) is 1.67. The van der Waals surface area contributed by atoms with Gasteiger partial charge in [0.2, 0.25) is 0 Å². The molecule has 3 N–H and O–H groups in total. The third kappa shape index (κ3) is 5.10. The summed E-state index contributed by atoms with van der Waals surface area (Å²) in [6, 6.07) is 8.57. The predicted octanol–water partition coefficient (Wildman–Crippen LogP) is 3.04. The van der Waals surface area contributed by atoms with Gasteiger partial charge < -0.3 is 15.8 Å². The van der Waals surface area contributed by atoms with Crippen molar-refractivity contribution >= 4 is 45.9 Å². The van der Waals surface area contributed by atoms with Gasteiger partial charge in [0.1, 0.15) is 0 Å². The van der Waals surface area contributed by atoms with Crippen LogP contribution >= 0.6 is 39.9 Å². The molecule has 0 atom stereocenters. The molecule has 1 saturated carbocycles. The topological polar surface area (TPSA) is 59.6 Å². The molecule has 0 saturated heterocycles. The highest BCUT2D eigenvalue weighted by molar-refractivity contribution is 14.0. The predicted molar refractivity (Wildman–Crippen MR) is 101 cm³/mol. The molecule has 1 fully saturated rings. The molecule has 21 heavy (non-hydrogen) atoms. The Morgan fingerprint density at radius 2 is 2.05 bits per heavy atom. The molecule has 118 valence electrons. The van der Waals surface area contributed by atoms with Crippen LogP contribution in [0.15, 0.2) is 33.7 Å². The maximum absolute atomic E-state index is 5.88. The molecule has 1 aliphatic rings. The maximum Gasteiger partial charge on any atom is 0.188 e. The second kappa shape index (κ2) is 8.95. The molecular weight excluding hydrogens is 445 g/mol. The van der Waals surface area contributed by atoms with Gasteiger partial charge in [-0.2, -0.15) is 0 Å². The third-order valence-corrected chi connectivity index (χ3v) is 4.46. The fourth-order valence-electron chi connectivity index (χ4n) is 2.52. The number of aliphatic imine (C=N–C) groups is 1. The molecule has 0 bridgehead atoms. The Labute approximate surface area is 152 Å². The van der Waals surface area contributed by atoms with Gasteiger partial charge in [0.15, 0.2) is 5.96 Å². The quantitative estimate of drug-likeness (QED) is 0.292. The molecule has 1 aliphatic carbocycles. The van der Waals surface area contributed by atoms with E-state index in [9.17, 15) is 0 Å². The highest BCUT2D eigenvalue weighted by Gasteiger charge is 2.38. The van der Waals surface area contributed by atoms with Crippen LogP contribution in [0.1, 0.15) is 24.8 Å². The van der Waals surface area contributed by atoms with Crippen LogP contribution in [0.5, 0.6) is 0 Å². The lowest BCUT2D eigenvalue weighted by Gasteiger charge is -2.41. The Morgan fingerprint density at radius 1 is 1.38 bits per heavy atom. The van der Waals surface area contributed by atoms with E-state index in [1.54, 1.807) is 7.11 Å². The van der Waals surface area contributed by atoms with E-state index < -0.39 is 0 Å². The van der Waals surface area contributed by atoms with Crippen molar-refractivity contribution < 1.29 is 4.74 Å². The summed E-state index contributed by atoms with van der Waals surface area (Å²) >= 11 is 3.48. The van der Waals surface area contributed by atoms with Gasteiger partial charge in [-0.05, 0) is 30.5 Å². The van der Waals surface area contributed by atoms with Crippen LogP contribution in [-0.2, 0) is 10.2 Å². The summed E-state index contributed by atoms with van der Waals surface area (Å²) in [5, 5.41) is 3.06. The number of hydrogen-bond acceptors (Lipinski definition) is 2. The molecule has 1 aromatic carbocycles. The summed E-state index contributed by atoms with van der Waals surface area (Å²) < 4.78 is 6.08. The molecule has 2 rings (SSSR count). The van der Waals surface area contributed by atoms with Gasteiger partial charge in [0.25, 0.3) is 0 Å². The Bertz CT molecular complexity index is 460. The zero-order valence-corrected chi connectivity index (χ0v) is 16.2. The molecule has 1 aromatic rings. The van der Waals surface area contributed by atoms with Crippen LogP contribution in [0.2, 0.25) is 0 Å². The number of nitrogens with two attached hydrogens (primary N) is 1. The van der Waals surface area contributed by atoms with E-state index in [0.29, 0.717) is 19.1 Å². The van der Waals surface area contributed by atoms with Gasteiger partial charge in [-0.15, -0.1) is 24.0 Å². The summed E-state index contributed by atoms with van der Waals surface area (Å²) in [6.45, 7) is 2.08. The number of methoxy groups -OCH3 is 1. The van der Waals surface area contributed by atoms with Crippen LogP contribution < -0.4 is 11.1 Å². The molecule has 0 aromatic heterocycles. The Hall–Kier alpha value is -0.340. The molecule has 0 spiro atoms. The summed E-state index contributed by atoms with van der Waals surface area (Å²) in [5.41, 5.74) is 7.41. The SMILES string of the molecule is COCCNC(N)=NCC1(c2ccc(Br)cc2)CCC1.I. The minimum atomic E-state index is 0. The fourth-order valence-corrected chi connectivity index (χ4v) is 2.78. The van der Waals surface area contributed by atoms with Gasteiger partial charge in [-0.1, -0.05) is 34.5 Å². The average Bonchev–Trinajstić information content (AvgIpc) is 2.40. The fraction of sp³-hybridized carbons (Fsp3) is 0.533. The van der Waals surface area contributed by atoms with Crippen molar-refractivity contribution in [1.82, 2.24) is 5.32 Å². The van der Waals surface area contributed by atoms with Gasteiger partial charge in [-0.25, -0.2) is 0 Å². The lowest BCUT2D eigenvalue weighted by atomic mass is 9.64. The number of nitrogens with zero attached hydrogens (tertiary/aromatic N) is 1. The minimum absolute atomic E-state index is 0. The number of ether oxygens (including phenoxy) is 1. The molecule has 6 heteroatoms. The maximum atomic E-state index is 5.88. The van der Waals surface area contributed by atoms with Crippen molar-refractivity contribution in [2.24, 2.45) is 10.7 Å². The molecular formula is C15H23BrIN3O. The first-order chi connectivity index (χ1) is 9.66. The van der Waals surface area contributed by atoms with Crippen LogP contribution in [0.3, 0.4) is 0 Å². The molecule has 0 amide bonds. The van der Waals surface area contributed by atoms with Gasteiger partial charge in [0, 0.05) is 23.5 Å². The normalized spacial score (nSPS) is 16.8. The Morgan fingerprint density at radius 3 is 2.57 bits per heavy atom. The lowest BCUT2D eigenvalue weighted by molar-refractivity contribution is 0.203. The van der Waals surface area contributed by atoms with E-state index in [2.05, 4.69) is 50.5 Å². The van der Waals surface area contributed by atoms with Crippen molar-refractivity contribution in [3.05, 3.63) is 34.3 Å². The monoisotopic (exact) mass is 467 g/mol. The number of rotatable bonds is 6. The van der Waals surface area contributed by atoms with Crippen LogP contribution in [0.4, 0.5) is 0 Å². The smallest absolute Gasteiger partial charge is 0.188 e. The Balaban J connectivity index is 0.00000220.